The molecule has 0 spiro atoms. The summed E-state index contributed by atoms with van der Waals surface area (Å²) in [4.78, 5) is 18.8. The van der Waals surface area contributed by atoms with Crippen LogP contribution in [0.5, 0.6) is 0 Å². The molecule has 0 radical (unpaired) electrons. The molecule has 0 fully saturated rings. The summed E-state index contributed by atoms with van der Waals surface area (Å²) in [5.74, 6) is -1.41. The van der Waals surface area contributed by atoms with Crippen molar-refractivity contribution in [1.82, 2.24) is 9.97 Å². The summed E-state index contributed by atoms with van der Waals surface area (Å²) in [6.07, 6.45) is 0.889. The van der Waals surface area contributed by atoms with Gasteiger partial charge in [-0.2, -0.15) is 0 Å². The van der Waals surface area contributed by atoms with Crippen LogP contribution in [0.25, 0.3) is 33.2 Å². The molecule has 0 aliphatic rings. The van der Waals surface area contributed by atoms with Gasteiger partial charge in [-0.25, -0.2) is 9.37 Å². The van der Waals surface area contributed by atoms with Gasteiger partial charge in [-0.05, 0) is 55.2 Å². The fourth-order valence-corrected chi connectivity index (χ4v) is 3.31. The first-order valence-corrected chi connectivity index (χ1v) is 8.48. The Bertz CT molecular complexity index is 1120. The number of carbonyl (C=O) groups excluding carboxylic acids is 1. The normalized spacial score (nSPS) is 11.3. The lowest BCUT2D eigenvalue weighted by Gasteiger charge is -2.07. The number of aryl methyl sites for hydroxylation is 1. The molecule has 0 atom stereocenters. The van der Waals surface area contributed by atoms with Crippen LogP contribution < -0.4 is 5.11 Å². The fraction of sp³-hybridized carbons (Fsp3) is 0.143. The summed E-state index contributed by atoms with van der Waals surface area (Å²) in [7, 11) is 0. The molecule has 4 nitrogen and oxygen atoms in total. The quantitative estimate of drug-likeness (QED) is 0.600. The van der Waals surface area contributed by atoms with E-state index >= 15 is 0 Å². The Labute approximate surface area is 149 Å². The third-order valence-corrected chi connectivity index (χ3v) is 4.53. The second-order valence-electron chi connectivity index (χ2n) is 6.28. The van der Waals surface area contributed by atoms with E-state index in [9.17, 15) is 14.3 Å². The minimum atomic E-state index is -1.08. The molecule has 2 aromatic carbocycles. The zero-order chi connectivity index (χ0) is 18.1. The minimum absolute atomic E-state index is 0.0351. The lowest BCUT2D eigenvalue weighted by Crippen LogP contribution is -2.21. The fourth-order valence-electron chi connectivity index (χ4n) is 3.31. The number of carboxylic acids is 1. The zero-order valence-corrected chi connectivity index (χ0v) is 14.0. The Morgan fingerprint density at radius 3 is 2.81 bits per heavy atom. The smallest absolute Gasteiger partial charge is 0.123 e. The number of para-hydroxylation sites is 1. The van der Waals surface area contributed by atoms with Gasteiger partial charge in [0.25, 0.3) is 0 Å². The van der Waals surface area contributed by atoms with Crippen LogP contribution in [0.4, 0.5) is 4.39 Å². The number of nitrogens with zero attached hydrogens (tertiary/aromatic N) is 1. The van der Waals surface area contributed by atoms with Gasteiger partial charge in [0.2, 0.25) is 0 Å². The largest absolute Gasteiger partial charge is 0.550 e. The first kappa shape index (κ1) is 16.3. The van der Waals surface area contributed by atoms with E-state index in [0.29, 0.717) is 12.8 Å². The van der Waals surface area contributed by atoms with E-state index < -0.39 is 5.97 Å². The Balaban J connectivity index is 1.84. The van der Waals surface area contributed by atoms with Crippen LogP contribution in [0.15, 0.2) is 54.6 Å². The number of fused-ring (bicyclic) bond motifs is 2. The van der Waals surface area contributed by atoms with Crippen LogP contribution in [0.3, 0.4) is 0 Å². The molecule has 5 heteroatoms. The van der Waals surface area contributed by atoms with E-state index in [1.54, 1.807) is 6.07 Å². The summed E-state index contributed by atoms with van der Waals surface area (Å²) in [5, 5.41) is 12.6. The molecule has 0 saturated heterocycles. The molecular formula is C21H16FN2O2-. The Morgan fingerprint density at radius 1 is 1.12 bits per heavy atom. The van der Waals surface area contributed by atoms with Crippen molar-refractivity contribution in [1.29, 1.82) is 0 Å². The number of aromatic nitrogens is 2. The van der Waals surface area contributed by atoms with Gasteiger partial charge < -0.3 is 14.9 Å². The number of H-pyrrole nitrogens is 1. The molecule has 0 aliphatic carbocycles. The molecule has 26 heavy (non-hydrogen) atoms. The second-order valence-corrected chi connectivity index (χ2v) is 6.28. The third kappa shape index (κ3) is 3.04. The Morgan fingerprint density at radius 2 is 1.96 bits per heavy atom. The summed E-state index contributed by atoms with van der Waals surface area (Å²) in [5.41, 5.74) is 4.11. The molecule has 4 aromatic rings. The van der Waals surface area contributed by atoms with Crippen molar-refractivity contribution in [3.63, 3.8) is 0 Å². The maximum Gasteiger partial charge on any atom is 0.123 e. The molecule has 4 rings (SSSR count). The van der Waals surface area contributed by atoms with Crippen LogP contribution >= 0.6 is 0 Å². The van der Waals surface area contributed by atoms with Crippen molar-refractivity contribution >= 4 is 27.8 Å². The van der Waals surface area contributed by atoms with E-state index in [0.717, 1.165) is 38.8 Å². The predicted octanol–water partition coefficient (Wildman–Crippen LogP) is 3.59. The van der Waals surface area contributed by atoms with Crippen molar-refractivity contribution < 1.29 is 14.3 Å². The highest BCUT2D eigenvalue weighted by molar-refractivity contribution is 5.91. The lowest BCUT2D eigenvalue weighted by molar-refractivity contribution is -0.305. The van der Waals surface area contributed by atoms with Gasteiger partial charge in [-0.15, -0.1) is 0 Å². The van der Waals surface area contributed by atoms with Crippen LogP contribution in [0, 0.1) is 5.82 Å². The number of aliphatic carboxylic acids is 1. The van der Waals surface area contributed by atoms with Crippen LogP contribution in [-0.4, -0.2) is 15.9 Å². The monoisotopic (exact) mass is 347 g/mol. The topological polar surface area (TPSA) is 68.8 Å². The standard InChI is InChI=1S/C21H17FN2O2/c22-14-9-11-18-16(12-14)15(5-3-7-20(25)26)21(24-18)19-10-8-13-4-1-2-6-17(13)23-19/h1-2,4,6,8-12,24H,3,5,7H2,(H,25,26)/p-1. The van der Waals surface area contributed by atoms with Crippen LogP contribution in [-0.2, 0) is 11.2 Å². The number of aromatic amines is 1. The first-order chi connectivity index (χ1) is 12.6. The summed E-state index contributed by atoms with van der Waals surface area (Å²) in [6.45, 7) is 0. The average Bonchev–Trinajstić information content (AvgIpc) is 2.99. The van der Waals surface area contributed by atoms with Crippen LogP contribution in [0.2, 0.25) is 0 Å². The highest BCUT2D eigenvalue weighted by Crippen LogP contribution is 2.32. The van der Waals surface area contributed by atoms with Gasteiger partial charge >= 0.3 is 0 Å². The molecule has 0 amide bonds. The number of hydrogen-bond acceptors (Lipinski definition) is 3. The zero-order valence-electron chi connectivity index (χ0n) is 14.0. The summed E-state index contributed by atoms with van der Waals surface area (Å²) in [6, 6.07) is 16.3. The molecule has 0 aliphatic heterocycles. The predicted molar refractivity (Wildman–Crippen MR) is 96.9 cm³/mol. The average molecular weight is 347 g/mol. The van der Waals surface area contributed by atoms with E-state index in [2.05, 4.69) is 4.98 Å². The summed E-state index contributed by atoms with van der Waals surface area (Å²) < 4.78 is 13.8. The van der Waals surface area contributed by atoms with E-state index in [-0.39, 0.29) is 12.2 Å². The molecule has 0 saturated carbocycles. The van der Waals surface area contributed by atoms with E-state index in [1.807, 2.05) is 36.4 Å². The van der Waals surface area contributed by atoms with Gasteiger partial charge in [0.05, 0.1) is 16.9 Å². The van der Waals surface area contributed by atoms with Crippen molar-refractivity contribution in [2.75, 3.05) is 0 Å². The lowest BCUT2D eigenvalue weighted by atomic mass is 10.0. The summed E-state index contributed by atoms with van der Waals surface area (Å²) >= 11 is 0. The highest BCUT2D eigenvalue weighted by atomic mass is 19.1. The Hall–Kier alpha value is -3.21. The van der Waals surface area contributed by atoms with Gasteiger partial charge in [0.1, 0.15) is 5.82 Å². The molecule has 2 heterocycles. The van der Waals surface area contributed by atoms with E-state index in [4.69, 9.17) is 4.98 Å². The number of rotatable bonds is 5. The third-order valence-electron chi connectivity index (χ3n) is 4.53. The Kier molecular flexibility index (Phi) is 4.13. The van der Waals surface area contributed by atoms with Gasteiger partial charge in [0, 0.05) is 22.3 Å². The molecule has 2 aromatic heterocycles. The van der Waals surface area contributed by atoms with Crippen molar-refractivity contribution in [2.24, 2.45) is 0 Å². The number of pyridine rings is 1. The molecular weight excluding hydrogens is 331 g/mol. The molecule has 0 bridgehead atoms. The number of nitrogens with one attached hydrogen (secondary N) is 1. The van der Waals surface area contributed by atoms with Crippen molar-refractivity contribution in [2.45, 2.75) is 19.3 Å². The van der Waals surface area contributed by atoms with Crippen LogP contribution in [0.1, 0.15) is 18.4 Å². The molecule has 1 N–H and O–H groups in total. The second kappa shape index (κ2) is 6.59. The van der Waals surface area contributed by atoms with E-state index in [1.165, 1.54) is 12.1 Å². The number of halogens is 1. The maximum atomic E-state index is 13.8. The minimum Gasteiger partial charge on any atom is -0.550 e. The van der Waals surface area contributed by atoms with Crippen molar-refractivity contribution in [3.8, 4) is 11.4 Å². The van der Waals surface area contributed by atoms with Gasteiger partial charge in [0.15, 0.2) is 0 Å². The van der Waals surface area contributed by atoms with Gasteiger partial charge in [-0.1, -0.05) is 24.3 Å². The van der Waals surface area contributed by atoms with Crippen molar-refractivity contribution in [3.05, 3.63) is 66.0 Å². The number of hydrogen-bond donors (Lipinski definition) is 1. The number of carbonyl (C=O) groups is 1. The molecule has 0 unspecified atom stereocenters. The number of carboxylic acid groups (broad SMARTS) is 1. The number of benzene rings is 2. The SMILES string of the molecule is O=C([O-])CCCc1c(-c2ccc3ccccc3n2)[nH]c2ccc(F)cc12. The maximum absolute atomic E-state index is 13.8. The first-order valence-electron chi connectivity index (χ1n) is 8.48. The van der Waals surface area contributed by atoms with Gasteiger partial charge in [-0.3, -0.25) is 0 Å². The highest BCUT2D eigenvalue weighted by Gasteiger charge is 2.15. The molecule has 130 valence electrons.